The molecule has 19 heavy (non-hydrogen) atoms. The van der Waals surface area contributed by atoms with Gasteiger partial charge in [0.1, 0.15) is 5.82 Å². The molecule has 0 radical (unpaired) electrons. The lowest BCUT2D eigenvalue weighted by atomic mass is 10.2. The second-order valence-corrected chi connectivity index (χ2v) is 5.16. The predicted molar refractivity (Wildman–Crippen MR) is 77.8 cm³/mol. The summed E-state index contributed by atoms with van der Waals surface area (Å²) in [6, 6.07) is 12.6. The Kier molecular flexibility index (Phi) is 2.30. The molecule has 3 heteroatoms. The summed E-state index contributed by atoms with van der Waals surface area (Å²) < 4.78 is 0. The molecule has 0 unspecified atom stereocenters. The zero-order valence-corrected chi connectivity index (χ0v) is 10.6. The molecule has 1 aliphatic carbocycles. The number of hydrogen-bond donors (Lipinski definition) is 2. The highest BCUT2D eigenvalue weighted by molar-refractivity contribution is 5.83. The molecule has 2 N–H and O–H groups in total. The highest BCUT2D eigenvalue weighted by Crippen LogP contribution is 2.39. The summed E-state index contributed by atoms with van der Waals surface area (Å²) in [5.74, 6) is 1.66. The first-order chi connectivity index (χ1) is 9.38. The predicted octanol–water partition coefficient (Wildman–Crippen LogP) is 4.18. The van der Waals surface area contributed by atoms with Crippen molar-refractivity contribution in [3.05, 3.63) is 54.4 Å². The van der Waals surface area contributed by atoms with Crippen molar-refractivity contribution in [1.29, 1.82) is 0 Å². The van der Waals surface area contributed by atoms with E-state index in [1.54, 1.807) is 0 Å². The van der Waals surface area contributed by atoms with Gasteiger partial charge in [-0.25, -0.2) is 4.98 Å². The van der Waals surface area contributed by atoms with Crippen LogP contribution in [-0.2, 0) is 0 Å². The smallest absolute Gasteiger partial charge is 0.130 e. The van der Waals surface area contributed by atoms with Gasteiger partial charge >= 0.3 is 0 Å². The maximum Gasteiger partial charge on any atom is 0.130 e. The zero-order valence-electron chi connectivity index (χ0n) is 10.6. The van der Waals surface area contributed by atoms with E-state index in [0.29, 0.717) is 0 Å². The minimum atomic E-state index is 0.762. The number of H-pyrrole nitrogens is 1. The SMILES string of the molecule is c1cc2cc(Nc3ccc(C4CC4)cn3)ccc2[nH]1. The van der Waals surface area contributed by atoms with Gasteiger partial charge < -0.3 is 10.3 Å². The lowest BCUT2D eigenvalue weighted by Gasteiger charge is -2.06. The number of rotatable bonds is 3. The molecule has 3 nitrogen and oxygen atoms in total. The number of anilines is 2. The fourth-order valence-corrected chi connectivity index (χ4v) is 2.42. The topological polar surface area (TPSA) is 40.7 Å². The first-order valence-corrected chi connectivity index (χ1v) is 6.69. The maximum atomic E-state index is 4.48. The molecule has 2 heterocycles. The van der Waals surface area contributed by atoms with E-state index in [2.05, 4.69) is 51.7 Å². The van der Waals surface area contributed by atoms with Gasteiger partial charge in [-0.3, -0.25) is 0 Å². The van der Waals surface area contributed by atoms with Crippen LogP contribution in [0.25, 0.3) is 10.9 Å². The van der Waals surface area contributed by atoms with Gasteiger partial charge in [-0.1, -0.05) is 6.07 Å². The molecule has 0 spiro atoms. The number of aromatic amines is 1. The minimum absolute atomic E-state index is 0.762. The molecular formula is C16H15N3. The Morgan fingerprint density at radius 1 is 1.11 bits per heavy atom. The molecule has 94 valence electrons. The van der Waals surface area contributed by atoms with Gasteiger partial charge in [0.2, 0.25) is 0 Å². The maximum absolute atomic E-state index is 4.48. The van der Waals surface area contributed by atoms with Crippen molar-refractivity contribution in [2.24, 2.45) is 0 Å². The van der Waals surface area contributed by atoms with Crippen LogP contribution in [0.15, 0.2) is 48.8 Å². The Morgan fingerprint density at radius 2 is 2.05 bits per heavy atom. The van der Waals surface area contributed by atoms with Crippen LogP contribution in [0.5, 0.6) is 0 Å². The van der Waals surface area contributed by atoms with Crippen LogP contribution >= 0.6 is 0 Å². The summed E-state index contributed by atoms with van der Waals surface area (Å²) in [5, 5.41) is 4.56. The Morgan fingerprint density at radius 3 is 2.84 bits per heavy atom. The molecule has 2 aromatic heterocycles. The summed E-state index contributed by atoms with van der Waals surface area (Å²) >= 11 is 0. The quantitative estimate of drug-likeness (QED) is 0.731. The summed E-state index contributed by atoms with van der Waals surface area (Å²) in [6.45, 7) is 0. The van der Waals surface area contributed by atoms with Crippen molar-refractivity contribution in [2.75, 3.05) is 5.32 Å². The molecule has 1 aliphatic rings. The summed E-state index contributed by atoms with van der Waals surface area (Å²) in [6.07, 6.45) is 6.59. The van der Waals surface area contributed by atoms with E-state index in [-0.39, 0.29) is 0 Å². The number of nitrogens with zero attached hydrogens (tertiary/aromatic N) is 1. The van der Waals surface area contributed by atoms with E-state index >= 15 is 0 Å². The summed E-state index contributed by atoms with van der Waals surface area (Å²) in [5.41, 5.74) is 3.59. The first kappa shape index (κ1) is 10.6. The molecule has 0 aliphatic heterocycles. The average Bonchev–Trinajstić information content (AvgIpc) is 3.18. The molecular weight excluding hydrogens is 234 g/mol. The third-order valence-electron chi connectivity index (χ3n) is 3.66. The fraction of sp³-hybridized carbons (Fsp3) is 0.188. The van der Waals surface area contributed by atoms with Gasteiger partial charge in [0.15, 0.2) is 0 Å². The number of fused-ring (bicyclic) bond motifs is 1. The lowest BCUT2D eigenvalue weighted by Crippen LogP contribution is -1.93. The molecule has 0 bridgehead atoms. The number of hydrogen-bond acceptors (Lipinski definition) is 2. The van der Waals surface area contributed by atoms with Crippen molar-refractivity contribution in [1.82, 2.24) is 9.97 Å². The Bertz CT molecular complexity index is 708. The van der Waals surface area contributed by atoms with Gasteiger partial charge in [0.25, 0.3) is 0 Å². The van der Waals surface area contributed by atoms with E-state index in [4.69, 9.17) is 0 Å². The van der Waals surface area contributed by atoms with E-state index in [9.17, 15) is 0 Å². The van der Waals surface area contributed by atoms with E-state index in [1.165, 1.54) is 23.8 Å². The monoisotopic (exact) mass is 249 g/mol. The second-order valence-electron chi connectivity index (χ2n) is 5.16. The lowest BCUT2D eigenvalue weighted by molar-refractivity contribution is 1.09. The highest BCUT2D eigenvalue weighted by Gasteiger charge is 2.23. The van der Waals surface area contributed by atoms with E-state index < -0.39 is 0 Å². The normalized spacial score (nSPS) is 14.7. The van der Waals surface area contributed by atoms with Crippen LogP contribution in [0, 0.1) is 0 Å². The Labute approximate surface area is 111 Å². The molecule has 4 rings (SSSR count). The third kappa shape index (κ3) is 2.08. The van der Waals surface area contributed by atoms with E-state index in [1.807, 2.05) is 12.4 Å². The Hall–Kier alpha value is -2.29. The van der Waals surface area contributed by atoms with Crippen LogP contribution < -0.4 is 5.32 Å². The van der Waals surface area contributed by atoms with E-state index in [0.717, 1.165) is 22.9 Å². The molecule has 0 atom stereocenters. The Balaban J connectivity index is 1.58. The fourth-order valence-electron chi connectivity index (χ4n) is 2.42. The van der Waals surface area contributed by atoms with Crippen LogP contribution in [0.2, 0.25) is 0 Å². The second kappa shape index (κ2) is 4.12. The van der Waals surface area contributed by atoms with Crippen LogP contribution in [-0.4, -0.2) is 9.97 Å². The third-order valence-corrected chi connectivity index (χ3v) is 3.66. The molecule has 0 saturated heterocycles. The molecule has 1 saturated carbocycles. The highest BCUT2D eigenvalue weighted by atomic mass is 15.0. The largest absolute Gasteiger partial charge is 0.361 e. The standard InChI is InChI=1S/C16H15N3/c1-2-11(1)13-3-6-16(18-10-13)19-14-4-5-15-12(9-14)7-8-17-15/h3-11,17H,1-2H2,(H,18,19). The first-order valence-electron chi connectivity index (χ1n) is 6.69. The average molecular weight is 249 g/mol. The molecule has 0 amide bonds. The van der Waals surface area contributed by atoms with Gasteiger partial charge in [0.05, 0.1) is 0 Å². The van der Waals surface area contributed by atoms with Gasteiger partial charge in [-0.2, -0.15) is 0 Å². The molecule has 3 aromatic rings. The van der Waals surface area contributed by atoms with Gasteiger partial charge in [-0.05, 0) is 54.7 Å². The van der Waals surface area contributed by atoms with Crippen LogP contribution in [0.4, 0.5) is 11.5 Å². The van der Waals surface area contributed by atoms with Crippen molar-refractivity contribution >= 4 is 22.4 Å². The molecule has 1 aromatic carbocycles. The number of nitrogens with one attached hydrogen (secondary N) is 2. The van der Waals surface area contributed by atoms with Gasteiger partial charge in [-0.15, -0.1) is 0 Å². The van der Waals surface area contributed by atoms with Crippen molar-refractivity contribution < 1.29 is 0 Å². The summed E-state index contributed by atoms with van der Waals surface area (Å²) in [7, 11) is 0. The number of pyridine rings is 1. The van der Waals surface area contributed by atoms with Crippen molar-refractivity contribution in [3.63, 3.8) is 0 Å². The van der Waals surface area contributed by atoms with Crippen LogP contribution in [0.1, 0.15) is 24.3 Å². The number of benzene rings is 1. The van der Waals surface area contributed by atoms with Crippen LogP contribution in [0.3, 0.4) is 0 Å². The summed E-state index contributed by atoms with van der Waals surface area (Å²) in [4.78, 5) is 7.68. The zero-order chi connectivity index (χ0) is 12.7. The van der Waals surface area contributed by atoms with Crippen molar-refractivity contribution in [3.8, 4) is 0 Å². The number of aromatic nitrogens is 2. The van der Waals surface area contributed by atoms with Gasteiger partial charge in [0, 0.05) is 29.0 Å². The van der Waals surface area contributed by atoms with Crippen molar-refractivity contribution in [2.45, 2.75) is 18.8 Å². The molecule has 1 fully saturated rings. The minimum Gasteiger partial charge on any atom is -0.361 e.